The van der Waals surface area contributed by atoms with E-state index in [1.807, 2.05) is 13.8 Å². The van der Waals surface area contributed by atoms with Crippen molar-refractivity contribution in [2.75, 3.05) is 33.1 Å². The molecule has 6 rings (SSSR count). The number of carbonyl (C=O) groups excluding carboxylic acids is 1. The first-order valence-corrected chi connectivity index (χ1v) is 17.8. The van der Waals surface area contributed by atoms with Crippen LogP contribution in [-0.2, 0) is 37.3 Å². The number of nitrogens with one attached hydrogen (secondary N) is 1. The van der Waals surface area contributed by atoms with E-state index in [1.165, 1.54) is 34.6 Å². The van der Waals surface area contributed by atoms with Crippen LogP contribution in [0.15, 0.2) is 65.6 Å². The monoisotopic (exact) mass is 718 g/mol. The van der Waals surface area contributed by atoms with Crippen molar-refractivity contribution in [3.63, 3.8) is 0 Å². The van der Waals surface area contributed by atoms with Crippen molar-refractivity contribution in [1.82, 2.24) is 9.62 Å². The molecule has 0 aliphatic carbocycles. The van der Waals surface area contributed by atoms with Gasteiger partial charge in [0.05, 0.1) is 36.2 Å². The Bertz CT molecular complexity index is 1740. The van der Waals surface area contributed by atoms with Gasteiger partial charge in [-0.05, 0) is 66.3 Å². The van der Waals surface area contributed by atoms with Crippen LogP contribution in [0, 0.1) is 23.5 Å². The number of amides is 1. The van der Waals surface area contributed by atoms with Gasteiger partial charge in [-0.15, -0.1) is 0 Å². The molecule has 3 unspecified atom stereocenters. The fourth-order valence-corrected chi connectivity index (χ4v) is 7.83. The minimum absolute atomic E-state index is 0.0157. The molecule has 0 radical (unpaired) electrons. The van der Waals surface area contributed by atoms with Crippen molar-refractivity contribution in [2.45, 2.75) is 62.7 Å². The lowest BCUT2D eigenvalue weighted by molar-refractivity contribution is -0.0907. The summed E-state index contributed by atoms with van der Waals surface area (Å²) in [7, 11) is -4.12. The highest BCUT2D eigenvalue weighted by molar-refractivity contribution is 7.89. The van der Waals surface area contributed by atoms with Crippen LogP contribution in [0.4, 0.5) is 13.6 Å². The van der Waals surface area contributed by atoms with Gasteiger partial charge in [0.2, 0.25) is 16.8 Å². The molecular formula is C35H40F2N2O10S. The molecule has 3 aromatic rings. The van der Waals surface area contributed by atoms with Gasteiger partial charge in [-0.2, -0.15) is 4.31 Å². The third kappa shape index (κ3) is 8.64. The molecular weight excluding hydrogens is 678 g/mol. The first-order valence-electron chi connectivity index (χ1n) is 16.4. The van der Waals surface area contributed by atoms with Crippen molar-refractivity contribution in [2.24, 2.45) is 11.8 Å². The molecule has 3 aliphatic heterocycles. The Labute approximate surface area is 289 Å². The van der Waals surface area contributed by atoms with Gasteiger partial charge in [0.1, 0.15) is 30.1 Å². The summed E-state index contributed by atoms with van der Waals surface area (Å²) in [4.78, 5) is 13.2. The van der Waals surface area contributed by atoms with Crippen LogP contribution in [0.5, 0.6) is 17.2 Å². The lowest BCUT2D eigenvalue weighted by Crippen LogP contribution is -2.51. The van der Waals surface area contributed by atoms with Gasteiger partial charge in [-0.1, -0.05) is 26.0 Å². The van der Waals surface area contributed by atoms with E-state index in [0.29, 0.717) is 41.4 Å². The van der Waals surface area contributed by atoms with Gasteiger partial charge in [0.25, 0.3) is 0 Å². The molecule has 50 heavy (non-hydrogen) atoms. The molecule has 0 aromatic heterocycles. The third-order valence-electron chi connectivity index (χ3n) is 8.66. The molecule has 0 saturated carbocycles. The molecule has 3 aliphatic rings. The number of fused-ring (bicyclic) bond motifs is 2. The van der Waals surface area contributed by atoms with Crippen LogP contribution >= 0.6 is 0 Å². The summed E-state index contributed by atoms with van der Waals surface area (Å²) in [6.07, 6.45) is -2.34. The summed E-state index contributed by atoms with van der Waals surface area (Å²) < 4.78 is 89.4. The lowest BCUT2D eigenvalue weighted by Gasteiger charge is -2.31. The molecule has 2 N–H and O–H groups in total. The first-order chi connectivity index (χ1) is 23.9. The highest BCUT2D eigenvalue weighted by Gasteiger charge is 2.44. The standard InChI is InChI=1S/C35H40F2N2O10S/c1-21(2)16-39(50(42,43)27-7-8-31-32(15-27)48-20-47-31)17-30(40)29(38-35(41)49-33-19-46-34-28(33)9-10-44-34)13-22-3-5-26(6-4-22)45-18-23-11-24(36)14-25(37)12-23/h3-8,11-12,14-15,21,28-30,33-34,40H,9-10,13,16-20H2,1-2H3,(H,38,41)/t28?,29-,30+,33?,34?/m0/s1. The summed E-state index contributed by atoms with van der Waals surface area (Å²) >= 11 is 0. The molecule has 5 atom stereocenters. The Morgan fingerprint density at radius 2 is 1.72 bits per heavy atom. The van der Waals surface area contributed by atoms with Crippen LogP contribution < -0.4 is 19.5 Å². The molecule has 2 fully saturated rings. The highest BCUT2D eigenvalue weighted by Crippen LogP contribution is 2.35. The lowest BCUT2D eigenvalue weighted by atomic mass is 10.0. The number of sulfonamides is 1. The second kappa shape index (κ2) is 15.5. The van der Waals surface area contributed by atoms with Gasteiger partial charge in [0, 0.05) is 25.2 Å². The highest BCUT2D eigenvalue weighted by atomic mass is 32.2. The van der Waals surface area contributed by atoms with E-state index in [-0.39, 0.29) is 56.2 Å². The van der Waals surface area contributed by atoms with Crippen LogP contribution in [0.2, 0.25) is 0 Å². The number of alkyl carbamates (subject to hydrolysis) is 1. The Balaban J connectivity index is 1.18. The van der Waals surface area contributed by atoms with Crippen molar-refractivity contribution in [1.29, 1.82) is 0 Å². The molecule has 2 saturated heterocycles. The number of hydrogen-bond acceptors (Lipinski definition) is 10. The number of hydrogen-bond donors (Lipinski definition) is 2. The molecule has 270 valence electrons. The second-order valence-corrected chi connectivity index (χ2v) is 14.9. The van der Waals surface area contributed by atoms with Gasteiger partial charge in [-0.25, -0.2) is 22.0 Å². The summed E-state index contributed by atoms with van der Waals surface area (Å²) in [6.45, 7) is 4.07. The minimum Gasteiger partial charge on any atom is -0.489 e. The molecule has 1 amide bonds. The van der Waals surface area contributed by atoms with Crippen molar-refractivity contribution < 1.29 is 55.5 Å². The van der Waals surface area contributed by atoms with Crippen LogP contribution in [0.1, 0.15) is 31.4 Å². The number of carbonyl (C=O) groups is 1. The number of halogens is 2. The van der Waals surface area contributed by atoms with Gasteiger partial charge in [0.15, 0.2) is 17.8 Å². The maximum absolute atomic E-state index is 13.9. The number of ether oxygens (including phenoxy) is 6. The van der Waals surface area contributed by atoms with Crippen molar-refractivity contribution >= 4 is 16.1 Å². The fourth-order valence-electron chi connectivity index (χ4n) is 6.19. The maximum Gasteiger partial charge on any atom is 0.407 e. The average Bonchev–Trinajstić information content (AvgIpc) is 3.82. The number of aliphatic hydroxyl groups excluding tert-OH is 1. The van der Waals surface area contributed by atoms with E-state index in [0.717, 1.165) is 6.07 Å². The maximum atomic E-state index is 13.9. The normalized spacial score (nSPS) is 20.9. The van der Waals surface area contributed by atoms with E-state index in [2.05, 4.69) is 5.32 Å². The predicted molar refractivity (Wildman–Crippen MR) is 174 cm³/mol. The smallest absolute Gasteiger partial charge is 0.407 e. The number of aliphatic hydroxyl groups is 1. The van der Waals surface area contributed by atoms with Crippen LogP contribution in [-0.4, -0.2) is 81.6 Å². The van der Waals surface area contributed by atoms with E-state index in [4.69, 9.17) is 28.4 Å². The van der Waals surface area contributed by atoms with E-state index in [1.54, 1.807) is 24.3 Å². The molecule has 12 nitrogen and oxygen atoms in total. The third-order valence-corrected chi connectivity index (χ3v) is 10.5. The summed E-state index contributed by atoms with van der Waals surface area (Å²) in [5, 5.41) is 14.4. The van der Waals surface area contributed by atoms with E-state index in [9.17, 15) is 27.1 Å². The average molecular weight is 719 g/mol. The number of benzene rings is 3. The van der Waals surface area contributed by atoms with Gasteiger partial charge >= 0.3 is 6.09 Å². The van der Waals surface area contributed by atoms with Crippen LogP contribution in [0.25, 0.3) is 0 Å². The molecule has 15 heteroatoms. The zero-order valence-electron chi connectivity index (χ0n) is 27.6. The SMILES string of the molecule is CC(C)CN(C[C@@H](O)[C@H](Cc1ccc(OCc2cc(F)cc(F)c2)cc1)NC(=O)OC1COC2OCCC12)S(=O)(=O)c1ccc2c(c1)OCO2. The second-order valence-electron chi connectivity index (χ2n) is 12.9. The fraction of sp³-hybridized carbons (Fsp3) is 0.457. The minimum atomic E-state index is -4.12. The topological polar surface area (TPSA) is 142 Å². The molecule has 3 heterocycles. The van der Waals surface area contributed by atoms with E-state index >= 15 is 0 Å². The molecule has 3 aromatic carbocycles. The molecule has 0 bridgehead atoms. The zero-order chi connectivity index (χ0) is 35.4. The zero-order valence-corrected chi connectivity index (χ0v) is 28.4. The number of nitrogens with zero attached hydrogens (tertiary/aromatic N) is 1. The quantitative estimate of drug-likeness (QED) is 0.247. The Morgan fingerprint density at radius 3 is 2.46 bits per heavy atom. The Morgan fingerprint density at radius 1 is 0.980 bits per heavy atom. The number of rotatable bonds is 14. The summed E-state index contributed by atoms with van der Waals surface area (Å²) in [6, 6.07) is 13.2. The van der Waals surface area contributed by atoms with Gasteiger partial charge < -0.3 is 38.8 Å². The molecule has 0 spiro atoms. The Kier molecular flexibility index (Phi) is 11.1. The largest absolute Gasteiger partial charge is 0.489 e. The predicted octanol–water partition coefficient (Wildman–Crippen LogP) is 4.38. The van der Waals surface area contributed by atoms with Gasteiger partial charge in [-0.3, -0.25) is 0 Å². The summed E-state index contributed by atoms with van der Waals surface area (Å²) in [5.74, 6) is -0.444. The Hall–Kier alpha value is -4.02. The van der Waals surface area contributed by atoms with Crippen LogP contribution in [0.3, 0.4) is 0 Å². The van der Waals surface area contributed by atoms with E-state index < -0.39 is 52.3 Å². The van der Waals surface area contributed by atoms with Crippen molar-refractivity contribution in [3.8, 4) is 17.2 Å². The first kappa shape index (κ1) is 35.8. The summed E-state index contributed by atoms with van der Waals surface area (Å²) in [5.41, 5.74) is 1.00. The van der Waals surface area contributed by atoms with Crippen molar-refractivity contribution in [3.05, 3.63) is 83.4 Å².